The number of nitrogens with zero attached hydrogens (tertiary/aromatic N) is 1. The van der Waals surface area contributed by atoms with E-state index in [-0.39, 0.29) is 11.6 Å². The molecule has 6 heteroatoms. The van der Waals surface area contributed by atoms with Crippen LogP contribution in [0.5, 0.6) is 5.75 Å². The molecule has 1 aromatic carbocycles. The summed E-state index contributed by atoms with van der Waals surface area (Å²) in [5.74, 6) is 0.681. The van der Waals surface area contributed by atoms with Gasteiger partial charge in [-0.1, -0.05) is 6.92 Å². The maximum Gasteiger partial charge on any atom is 0.273 e. The average molecular weight is 289 g/mol. The average Bonchev–Trinajstić information content (AvgIpc) is 2.27. The van der Waals surface area contributed by atoms with E-state index in [1.807, 2.05) is 6.92 Å². The van der Waals surface area contributed by atoms with Crippen LogP contribution in [0, 0.1) is 16.0 Å². The van der Waals surface area contributed by atoms with E-state index in [1.54, 1.807) is 6.07 Å². The minimum Gasteiger partial charge on any atom is -0.492 e. The van der Waals surface area contributed by atoms with Crippen molar-refractivity contribution in [3.8, 4) is 5.75 Å². The number of non-ortho nitro benzene ring substituents is 1. The molecule has 0 bridgehead atoms. The van der Waals surface area contributed by atoms with E-state index >= 15 is 0 Å². The Hall–Kier alpha value is -1.14. The Morgan fingerprint density at radius 1 is 1.62 bits per heavy atom. The van der Waals surface area contributed by atoms with Crippen LogP contribution in [0.15, 0.2) is 22.7 Å². The van der Waals surface area contributed by atoms with Gasteiger partial charge in [0.25, 0.3) is 5.69 Å². The van der Waals surface area contributed by atoms with Crippen molar-refractivity contribution < 1.29 is 9.66 Å². The molecule has 0 amide bonds. The number of benzene rings is 1. The van der Waals surface area contributed by atoms with Gasteiger partial charge in [0.05, 0.1) is 22.1 Å². The van der Waals surface area contributed by atoms with Gasteiger partial charge < -0.3 is 10.5 Å². The van der Waals surface area contributed by atoms with Crippen molar-refractivity contribution in [3.05, 3.63) is 32.8 Å². The van der Waals surface area contributed by atoms with Gasteiger partial charge in [0.2, 0.25) is 0 Å². The number of nitro groups is 1. The molecule has 0 aromatic heterocycles. The Labute approximate surface area is 102 Å². The molecule has 16 heavy (non-hydrogen) atoms. The van der Waals surface area contributed by atoms with Gasteiger partial charge in [0.15, 0.2) is 0 Å². The molecule has 1 unspecified atom stereocenters. The summed E-state index contributed by atoms with van der Waals surface area (Å²) in [5, 5.41) is 10.6. The third kappa shape index (κ3) is 3.46. The van der Waals surface area contributed by atoms with E-state index in [9.17, 15) is 10.1 Å². The molecule has 1 aromatic rings. The number of hydrogen-bond acceptors (Lipinski definition) is 4. The molecule has 88 valence electrons. The summed E-state index contributed by atoms with van der Waals surface area (Å²) >= 11 is 3.27. The fourth-order valence-electron chi connectivity index (χ4n) is 1.02. The van der Waals surface area contributed by atoms with E-state index in [2.05, 4.69) is 15.9 Å². The molecule has 0 spiro atoms. The van der Waals surface area contributed by atoms with Crippen molar-refractivity contribution in [1.29, 1.82) is 0 Å². The molecule has 0 aliphatic rings. The molecule has 2 N–H and O–H groups in total. The fraction of sp³-hybridized carbons (Fsp3) is 0.400. The molecule has 0 saturated heterocycles. The van der Waals surface area contributed by atoms with Crippen LogP contribution in [-0.2, 0) is 0 Å². The lowest BCUT2D eigenvalue weighted by Gasteiger charge is -2.11. The summed E-state index contributed by atoms with van der Waals surface area (Å²) < 4.78 is 6.15. The molecule has 5 nitrogen and oxygen atoms in total. The van der Waals surface area contributed by atoms with Crippen LogP contribution >= 0.6 is 15.9 Å². The molecule has 1 atom stereocenters. The van der Waals surface area contributed by atoms with Crippen molar-refractivity contribution >= 4 is 21.6 Å². The third-order valence-corrected chi connectivity index (χ3v) is 2.71. The summed E-state index contributed by atoms with van der Waals surface area (Å²) in [7, 11) is 0. The second kappa shape index (κ2) is 5.81. The fourth-order valence-corrected chi connectivity index (χ4v) is 1.38. The lowest BCUT2D eigenvalue weighted by Crippen LogP contribution is -2.18. The minimum absolute atomic E-state index is 0.0126. The van der Waals surface area contributed by atoms with Crippen LogP contribution in [0.3, 0.4) is 0 Å². The van der Waals surface area contributed by atoms with Gasteiger partial charge in [-0.2, -0.15) is 0 Å². The Balaban J connectivity index is 2.78. The van der Waals surface area contributed by atoms with Gasteiger partial charge >= 0.3 is 0 Å². The molecular weight excluding hydrogens is 276 g/mol. The first-order valence-corrected chi connectivity index (χ1v) is 5.60. The normalized spacial score (nSPS) is 12.2. The quantitative estimate of drug-likeness (QED) is 0.666. The maximum atomic E-state index is 10.6. The summed E-state index contributed by atoms with van der Waals surface area (Å²) in [6, 6.07) is 4.41. The Kier molecular flexibility index (Phi) is 4.70. The zero-order valence-electron chi connectivity index (χ0n) is 8.85. The molecular formula is C10H13BrN2O3. The zero-order chi connectivity index (χ0) is 12.1. The Bertz CT molecular complexity index is 384. The number of rotatable bonds is 5. The number of ether oxygens (including phenoxy) is 1. The van der Waals surface area contributed by atoms with Gasteiger partial charge in [-0.25, -0.2) is 0 Å². The zero-order valence-corrected chi connectivity index (χ0v) is 10.4. The smallest absolute Gasteiger partial charge is 0.273 e. The standard InChI is InChI=1S/C10H13BrN2O3/c1-7(5-12)6-16-10-4-8(13(14)15)2-3-9(10)11/h2-4,7H,5-6,12H2,1H3. The van der Waals surface area contributed by atoms with Crippen molar-refractivity contribution in [3.63, 3.8) is 0 Å². The highest BCUT2D eigenvalue weighted by Crippen LogP contribution is 2.29. The first-order chi connectivity index (χ1) is 7.54. The van der Waals surface area contributed by atoms with Gasteiger partial charge in [0, 0.05) is 12.0 Å². The minimum atomic E-state index is -0.453. The number of halogens is 1. The maximum absolute atomic E-state index is 10.6. The van der Waals surface area contributed by atoms with E-state index in [4.69, 9.17) is 10.5 Å². The second-order valence-corrected chi connectivity index (χ2v) is 4.38. The molecule has 0 heterocycles. The first kappa shape index (κ1) is 12.9. The monoisotopic (exact) mass is 288 g/mol. The highest BCUT2D eigenvalue weighted by molar-refractivity contribution is 9.10. The lowest BCUT2D eigenvalue weighted by molar-refractivity contribution is -0.385. The van der Waals surface area contributed by atoms with Gasteiger partial charge in [-0.05, 0) is 28.5 Å². The number of hydrogen-bond donors (Lipinski definition) is 1. The Morgan fingerprint density at radius 2 is 2.31 bits per heavy atom. The molecule has 0 radical (unpaired) electrons. The largest absolute Gasteiger partial charge is 0.492 e. The summed E-state index contributed by atoms with van der Waals surface area (Å²) in [6.45, 7) is 2.91. The Morgan fingerprint density at radius 3 is 2.88 bits per heavy atom. The third-order valence-electron chi connectivity index (χ3n) is 2.05. The van der Waals surface area contributed by atoms with Gasteiger partial charge in [0.1, 0.15) is 5.75 Å². The molecule has 0 aliphatic carbocycles. The van der Waals surface area contributed by atoms with Crippen LogP contribution < -0.4 is 10.5 Å². The second-order valence-electron chi connectivity index (χ2n) is 3.52. The van der Waals surface area contributed by atoms with E-state index in [0.29, 0.717) is 23.4 Å². The molecule has 0 saturated carbocycles. The van der Waals surface area contributed by atoms with Gasteiger partial charge in [-0.15, -0.1) is 0 Å². The van der Waals surface area contributed by atoms with Crippen molar-refractivity contribution in [2.45, 2.75) is 6.92 Å². The lowest BCUT2D eigenvalue weighted by atomic mass is 10.2. The number of nitrogens with two attached hydrogens (primary N) is 1. The van der Waals surface area contributed by atoms with Crippen molar-refractivity contribution in [1.82, 2.24) is 0 Å². The van der Waals surface area contributed by atoms with E-state index in [1.165, 1.54) is 12.1 Å². The van der Waals surface area contributed by atoms with Crippen molar-refractivity contribution in [2.24, 2.45) is 11.7 Å². The first-order valence-electron chi connectivity index (χ1n) is 4.81. The molecule has 1 rings (SSSR count). The van der Waals surface area contributed by atoms with E-state index < -0.39 is 4.92 Å². The van der Waals surface area contributed by atoms with Crippen LogP contribution in [0.4, 0.5) is 5.69 Å². The van der Waals surface area contributed by atoms with Gasteiger partial charge in [-0.3, -0.25) is 10.1 Å². The predicted octanol–water partition coefficient (Wildman–Crippen LogP) is 2.33. The highest BCUT2D eigenvalue weighted by Gasteiger charge is 2.11. The highest BCUT2D eigenvalue weighted by atomic mass is 79.9. The predicted molar refractivity (Wildman–Crippen MR) is 64.5 cm³/mol. The summed E-state index contributed by atoms with van der Waals surface area (Å²) in [4.78, 5) is 10.1. The van der Waals surface area contributed by atoms with Crippen LogP contribution in [0.1, 0.15) is 6.92 Å². The van der Waals surface area contributed by atoms with Crippen molar-refractivity contribution in [2.75, 3.05) is 13.2 Å². The summed E-state index contributed by atoms with van der Waals surface area (Å²) in [6.07, 6.45) is 0. The molecule has 0 fully saturated rings. The van der Waals surface area contributed by atoms with E-state index in [0.717, 1.165) is 0 Å². The van der Waals surface area contributed by atoms with Crippen LogP contribution in [0.25, 0.3) is 0 Å². The number of nitro benzene ring substituents is 1. The van der Waals surface area contributed by atoms with Crippen LogP contribution in [0.2, 0.25) is 0 Å². The summed E-state index contributed by atoms with van der Waals surface area (Å²) in [5.41, 5.74) is 5.47. The van der Waals surface area contributed by atoms with Crippen LogP contribution in [-0.4, -0.2) is 18.1 Å². The SMILES string of the molecule is CC(CN)COc1cc([N+](=O)[O-])ccc1Br. The topological polar surface area (TPSA) is 78.4 Å². The molecule has 0 aliphatic heterocycles.